The zero-order valence-corrected chi connectivity index (χ0v) is 15.7. The molecule has 0 fully saturated rings. The molecular formula is C21H24N2O4. The van der Waals surface area contributed by atoms with E-state index in [9.17, 15) is 14.4 Å². The van der Waals surface area contributed by atoms with E-state index in [0.717, 1.165) is 0 Å². The quantitative estimate of drug-likeness (QED) is 0.696. The second kappa shape index (κ2) is 8.98. The van der Waals surface area contributed by atoms with Gasteiger partial charge in [0, 0.05) is 12.1 Å². The Morgan fingerprint density at radius 3 is 2.26 bits per heavy atom. The van der Waals surface area contributed by atoms with Crippen LogP contribution >= 0.6 is 0 Å². The summed E-state index contributed by atoms with van der Waals surface area (Å²) in [5.74, 6) is -1.43. The van der Waals surface area contributed by atoms with Crippen LogP contribution in [0, 0.1) is 12.8 Å². The number of rotatable bonds is 7. The van der Waals surface area contributed by atoms with Gasteiger partial charge in [-0.2, -0.15) is 0 Å². The number of aromatic carboxylic acids is 1. The van der Waals surface area contributed by atoms with Gasteiger partial charge < -0.3 is 15.7 Å². The van der Waals surface area contributed by atoms with Gasteiger partial charge in [-0.05, 0) is 42.2 Å². The maximum absolute atomic E-state index is 12.8. The fraction of sp³-hybridized carbons (Fsp3) is 0.286. The number of carbonyl (C=O) groups excluding carboxylic acids is 2. The number of carboxylic acid groups (broad SMARTS) is 1. The van der Waals surface area contributed by atoms with Gasteiger partial charge in [-0.1, -0.05) is 44.2 Å². The highest BCUT2D eigenvalue weighted by atomic mass is 16.4. The number of carboxylic acids is 1. The second-order valence-corrected chi connectivity index (χ2v) is 6.83. The lowest BCUT2D eigenvalue weighted by molar-refractivity contribution is -0.127. The first kappa shape index (κ1) is 20.2. The van der Waals surface area contributed by atoms with Crippen molar-refractivity contribution in [1.82, 2.24) is 5.32 Å². The van der Waals surface area contributed by atoms with E-state index < -0.39 is 12.0 Å². The highest BCUT2D eigenvalue weighted by Crippen LogP contribution is 2.19. The van der Waals surface area contributed by atoms with E-state index >= 15 is 0 Å². The van der Waals surface area contributed by atoms with E-state index in [-0.39, 0.29) is 23.3 Å². The van der Waals surface area contributed by atoms with Crippen molar-refractivity contribution >= 4 is 23.5 Å². The molecule has 0 bridgehead atoms. The topological polar surface area (TPSA) is 95.5 Å². The zero-order chi connectivity index (χ0) is 20.0. The Kier molecular flexibility index (Phi) is 6.71. The lowest BCUT2D eigenvalue weighted by Crippen LogP contribution is -2.37. The Balaban J connectivity index is 2.22. The fourth-order valence-corrected chi connectivity index (χ4v) is 2.73. The van der Waals surface area contributed by atoms with Crippen LogP contribution in [-0.2, 0) is 9.59 Å². The van der Waals surface area contributed by atoms with E-state index in [1.807, 2.05) is 19.9 Å². The number of carbonyl (C=O) groups is 3. The van der Waals surface area contributed by atoms with Gasteiger partial charge in [-0.25, -0.2) is 4.79 Å². The van der Waals surface area contributed by atoms with Crippen molar-refractivity contribution in [3.8, 4) is 0 Å². The van der Waals surface area contributed by atoms with Crippen LogP contribution in [0.5, 0.6) is 0 Å². The van der Waals surface area contributed by atoms with E-state index in [0.29, 0.717) is 23.2 Å². The number of hydrogen-bond acceptors (Lipinski definition) is 3. The van der Waals surface area contributed by atoms with Crippen molar-refractivity contribution in [3.05, 3.63) is 65.2 Å². The summed E-state index contributed by atoms with van der Waals surface area (Å²) in [5.41, 5.74) is 1.87. The molecule has 1 unspecified atom stereocenters. The summed E-state index contributed by atoms with van der Waals surface area (Å²) in [6.45, 7) is 5.53. The average molecular weight is 368 g/mol. The third-order valence-electron chi connectivity index (χ3n) is 4.02. The Morgan fingerprint density at radius 2 is 1.70 bits per heavy atom. The smallest absolute Gasteiger partial charge is 0.335 e. The lowest BCUT2D eigenvalue weighted by atomic mass is 10.0. The first-order valence-corrected chi connectivity index (χ1v) is 8.77. The standard InChI is InChI=1S/C21H24N2O4/c1-13(2)11-18(24)23-19(15-7-5-4-6-8-15)20(25)22-16-9-10-17(21(26)27)14(3)12-16/h4-10,12-13,19H,11H2,1-3H3,(H,22,25)(H,23,24)(H,26,27). The highest BCUT2D eigenvalue weighted by Gasteiger charge is 2.23. The van der Waals surface area contributed by atoms with Crippen LogP contribution in [0.25, 0.3) is 0 Å². The summed E-state index contributed by atoms with van der Waals surface area (Å²) in [6, 6.07) is 12.7. The van der Waals surface area contributed by atoms with Gasteiger partial charge in [0.05, 0.1) is 5.56 Å². The summed E-state index contributed by atoms with van der Waals surface area (Å²) in [7, 11) is 0. The third kappa shape index (κ3) is 5.67. The molecule has 6 heteroatoms. The average Bonchev–Trinajstić information content (AvgIpc) is 2.59. The molecule has 0 spiro atoms. The number of benzene rings is 2. The molecule has 27 heavy (non-hydrogen) atoms. The van der Waals surface area contributed by atoms with Crippen molar-refractivity contribution < 1.29 is 19.5 Å². The van der Waals surface area contributed by atoms with Gasteiger partial charge in [0.1, 0.15) is 6.04 Å². The van der Waals surface area contributed by atoms with Crippen LogP contribution in [0.4, 0.5) is 5.69 Å². The Bertz CT molecular complexity index is 831. The fourth-order valence-electron chi connectivity index (χ4n) is 2.73. The van der Waals surface area contributed by atoms with Gasteiger partial charge in [-0.15, -0.1) is 0 Å². The molecule has 0 aliphatic rings. The minimum atomic E-state index is -1.02. The molecule has 1 atom stereocenters. The van der Waals surface area contributed by atoms with Gasteiger partial charge in [0.25, 0.3) is 5.91 Å². The summed E-state index contributed by atoms with van der Waals surface area (Å²) in [5, 5.41) is 14.7. The molecule has 2 rings (SSSR count). The Morgan fingerprint density at radius 1 is 1.04 bits per heavy atom. The largest absolute Gasteiger partial charge is 0.478 e. The van der Waals surface area contributed by atoms with E-state index in [4.69, 9.17) is 5.11 Å². The summed E-state index contributed by atoms with van der Waals surface area (Å²) >= 11 is 0. The van der Waals surface area contributed by atoms with Crippen LogP contribution in [0.1, 0.15) is 47.8 Å². The lowest BCUT2D eigenvalue weighted by Gasteiger charge is -2.20. The van der Waals surface area contributed by atoms with Gasteiger partial charge in [0.15, 0.2) is 0 Å². The van der Waals surface area contributed by atoms with Crippen LogP contribution in [0.3, 0.4) is 0 Å². The predicted molar refractivity (Wildman–Crippen MR) is 104 cm³/mol. The molecule has 0 aliphatic carbocycles. The van der Waals surface area contributed by atoms with E-state index in [1.165, 1.54) is 12.1 Å². The second-order valence-electron chi connectivity index (χ2n) is 6.83. The van der Waals surface area contributed by atoms with Crippen molar-refractivity contribution in [2.24, 2.45) is 5.92 Å². The molecule has 0 saturated carbocycles. The van der Waals surface area contributed by atoms with Crippen LogP contribution in [0.15, 0.2) is 48.5 Å². The molecule has 0 saturated heterocycles. The number of anilines is 1. The Labute approximate surface area is 158 Å². The van der Waals surface area contributed by atoms with Crippen LogP contribution in [-0.4, -0.2) is 22.9 Å². The SMILES string of the molecule is Cc1cc(NC(=O)C(NC(=O)CC(C)C)c2ccccc2)ccc1C(=O)O. The molecule has 142 valence electrons. The molecule has 0 aromatic heterocycles. The molecule has 2 aromatic carbocycles. The molecular weight excluding hydrogens is 344 g/mol. The predicted octanol–water partition coefficient (Wildman–Crippen LogP) is 3.54. The number of nitrogens with one attached hydrogen (secondary N) is 2. The van der Waals surface area contributed by atoms with Crippen molar-refractivity contribution in [3.63, 3.8) is 0 Å². The van der Waals surface area contributed by atoms with Crippen molar-refractivity contribution in [2.45, 2.75) is 33.2 Å². The first-order chi connectivity index (χ1) is 12.8. The molecule has 0 radical (unpaired) electrons. The van der Waals surface area contributed by atoms with E-state index in [1.54, 1.807) is 37.3 Å². The number of hydrogen-bond donors (Lipinski definition) is 3. The van der Waals surface area contributed by atoms with Gasteiger partial charge in [0.2, 0.25) is 5.91 Å². The maximum atomic E-state index is 12.8. The minimum Gasteiger partial charge on any atom is -0.478 e. The monoisotopic (exact) mass is 368 g/mol. The maximum Gasteiger partial charge on any atom is 0.335 e. The summed E-state index contributed by atoms with van der Waals surface area (Å²) < 4.78 is 0. The van der Waals surface area contributed by atoms with Crippen LogP contribution in [0.2, 0.25) is 0 Å². The van der Waals surface area contributed by atoms with Gasteiger partial charge >= 0.3 is 5.97 Å². The highest BCUT2D eigenvalue weighted by molar-refractivity contribution is 5.98. The number of aryl methyl sites for hydroxylation is 1. The van der Waals surface area contributed by atoms with Crippen LogP contribution < -0.4 is 10.6 Å². The summed E-state index contributed by atoms with van der Waals surface area (Å²) in [4.78, 5) is 36.2. The molecule has 2 aromatic rings. The first-order valence-electron chi connectivity index (χ1n) is 8.77. The zero-order valence-electron chi connectivity index (χ0n) is 15.7. The normalized spacial score (nSPS) is 11.7. The van der Waals surface area contributed by atoms with E-state index in [2.05, 4.69) is 10.6 Å². The Hall–Kier alpha value is -3.15. The van der Waals surface area contributed by atoms with Crippen molar-refractivity contribution in [2.75, 3.05) is 5.32 Å². The molecule has 3 N–H and O–H groups in total. The summed E-state index contributed by atoms with van der Waals surface area (Å²) in [6.07, 6.45) is 0.322. The molecule has 0 aliphatic heterocycles. The molecule has 6 nitrogen and oxygen atoms in total. The minimum absolute atomic E-state index is 0.177. The van der Waals surface area contributed by atoms with Crippen molar-refractivity contribution in [1.29, 1.82) is 0 Å². The number of amides is 2. The molecule has 2 amide bonds. The molecule has 0 heterocycles. The van der Waals surface area contributed by atoms with Gasteiger partial charge in [-0.3, -0.25) is 9.59 Å². The third-order valence-corrected chi connectivity index (χ3v) is 4.02.